The standard InChI is InChI=1S/C11H17F3O2/c12-11(13,14)7-1-3-9(15)5-6-10-4-2-8-16-10/h10H,1-8H2. The summed E-state index contributed by atoms with van der Waals surface area (Å²) in [5, 5.41) is 0. The van der Waals surface area contributed by atoms with Gasteiger partial charge in [0.2, 0.25) is 0 Å². The molecule has 0 radical (unpaired) electrons. The highest BCUT2D eigenvalue weighted by Crippen LogP contribution is 2.23. The van der Waals surface area contributed by atoms with Crippen molar-refractivity contribution < 1.29 is 22.7 Å². The van der Waals surface area contributed by atoms with E-state index in [2.05, 4.69) is 0 Å². The topological polar surface area (TPSA) is 26.3 Å². The molecule has 1 unspecified atom stereocenters. The summed E-state index contributed by atoms with van der Waals surface area (Å²) < 4.78 is 40.7. The van der Waals surface area contributed by atoms with Crippen molar-refractivity contribution in [3.8, 4) is 0 Å². The van der Waals surface area contributed by atoms with Crippen molar-refractivity contribution in [1.29, 1.82) is 0 Å². The third kappa shape index (κ3) is 6.10. The Kier molecular flexibility index (Phi) is 5.25. The van der Waals surface area contributed by atoms with Crippen LogP contribution in [0.25, 0.3) is 0 Å². The van der Waals surface area contributed by atoms with Crippen LogP contribution in [-0.2, 0) is 9.53 Å². The lowest BCUT2D eigenvalue weighted by molar-refractivity contribution is -0.137. The Hall–Kier alpha value is -0.580. The number of alkyl halides is 3. The van der Waals surface area contributed by atoms with Crippen LogP contribution in [0.15, 0.2) is 0 Å². The Labute approximate surface area is 93.2 Å². The van der Waals surface area contributed by atoms with Crippen molar-refractivity contribution in [3.05, 3.63) is 0 Å². The highest BCUT2D eigenvalue weighted by molar-refractivity contribution is 5.78. The van der Waals surface area contributed by atoms with Gasteiger partial charge in [-0.15, -0.1) is 0 Å². The Bertz CT molecular complexity index is 220. The van der Waals surface area contributed by atoms with E-state index >= 15 is 0 Å². The second-order valence-electron chi connectivity index (χ2n) is 4.18. The minimum atomic E-state index is -4.14. The Morgan fingerprint density at radius 2 is 2.06 bits per heavy atom. The summed E-state index contributed by atoms with van der Waals surface area (Å²) in [7, 11) is 0. The summed E-state index contributed by atoms with van der Waals surface area (Å²) in [5.41, 5.74) is 0. The molecule has 5 heteroatoms. The molecule has 2 nitrogen and oxygen atoms in total. The van der Waals surface area contributed by atoms with Gasteiger partial charge in [-0.05, 0) is 25.7 Å². The minimum Gasteiger partial charge on any atom is -0.378 e. The molecule has 94 valence electrons. The van der Waals surface area contributed by atoms with Crippen LogP contribution in [0.2, 0.25) is 0 Å². The van der Waals surface area contributed by atoms with E-state index < -0.39 is 12.6 Å². The highest BCUT2D eigenvalue weighted by atomic mass is 19.4. The van der Waals surface area contributed by atoms with Crippen LogP contribution >= 0.6 is 0 Å². The monoisotopic (exact) mass is 238 g/mol. The Balaban J connectivity index is 2.02. The number of rotatable bonds is 6. The Morgan fingerprint density at radius 3 is 2.62 bits per heavy atom. The van der Waals surface area contributed by atoms with Gasteiger partial charge in [-0.2, -0.15) is 13.2 Å². The van der Waals surface area contributed by atoms with Crippen LogP contribution in [0, 0.1) is 0 Å². The summed E-state index contributed by atoms with van der Waals surface area (Å²) in [5.74, 6) is -0.0836. The van der Waals surface area contributed by atoms with Crippen molar-refractivity contribution in [2.45, 2.75) is 57.2 Å². The summed E-state index contributed by atoms with van der Waals surface area (Å²) in [6, 6.07) is 0. The summed E-state index contributed by atoms with van der Waals surface area (Å²) in [6.07, 6.45) is -1.92. The fourth-order valence-electron chi connectivity index (χ4n) is 1.80. The van der Waals surface area contributed by atoms with E-state index in [0.29, 0.717) is 12.8 Å². The number of halogens is 3. The van der Waals surface area contributed by atoms with Gasteiger partial charge in [0.1, 0.15) is 5.78 Å². The number of ketones is 1. The van der Waals surface area contributed by atoms with Gasteiger partial charge in [0.15, 0.2) is 0 Å². The third-order valence-electron chi connectivity index (χ3n) is 2.69. The molecule has 1 fully saturated rings. The lowest BCUT2D eigenvalue weighted by atomic mass is 10.0. The van der Waals surface area contributed by atoms with Crippen molar-refractivity contribution in [3.63, 3.8) is 0 Å². The largest absolute Gasteiger partial charge is 0.389 e. The molecule has 1 heterocycles. The van der Waals surface area contributed by atoms with Crippen molar-refractivity contribution in [2.75, 3.05) is 6.61 Å². The maximum Gasteiger partial charge on any atom is 0.389 e. The molecule has 1 rings (SSSR count). The summed E-state index contributed by atoms with van der Waals surface area (Å²) >= 11 is 0. The van der Waals surface area contributed by atoms with Gasteiger partial charge < -0.3 is 4.74 Å². The van der Waals surface area contributed by atoms with Crippen LogP contribution in [0.5, 0.6) is 0 Å². The van der Waals surface area contributed by atoms with Gasteiger partial charge in [0.25, 0.3) is 0 Å². The first kappa shape index (κ1) is 13.5. The maximum atomic E-state index is 11.8. The van der Waals surface area contributed by atoms with E-state index in [1.54, 1.807) is 0 Å². The molecule has 0 amide bonds. The molecule has 0 aromatic rings. The summed E-state index contributed by atoms with van der Waals surface area (Å²) in [4.78, 5) is 11.3. The van der Waals surface area contributed by atoms with Gasteiger partial charge in [-0.3, -0.25) is 4.79 Å². The van der Waals surface area contributed by atoms with E-state index in [0.717, 1.165) is 19.4 Å². The first-order chi connectivity index (χ1) is 7.47. The predicted octanol–water partition coefficient (Wildman–Crippen LogP) is 3.25. The number of hydrogen-bond donors (Lipinski definition) is 0. The van der Waals surface area contributed by atoms with Crippen LogP contribution in [0.3, 0.4) is 0 Å². The van der Waals surface area contributed by atoms with Crippen molar-refractivity contribution in [1.82, 2.24) is 0 Å². The zero-order chi connectivity index (χ0) is 12.0. The zero-order valence-electron chi connectivity index (χ0n) is 9.18. The van der Waals surface area contributed by atoms with Crippen LogP contribution in [-0.4, -0.2) is 24.7 Å². The van der Waals surface area contributed by atoms with E-state index in [9.17, 15) is 18.0 Å². The maximum absolute atomic E-state index is 11.8. The fourth-order valence-corrected chi connectivity index (χ4v) is 1.80. The zero-order valence-corrected chi connectivity index (χ0v) is 9.18. The smallest absolute Gasteiger partial charge is 0.378 e. The van der Waals surface area contributed by atoms with Gasteiger partial charge in [0, 0.05) is 25.9 Å². The molecule has 1 aliphatic rings. The average molecular weight is 238 g/mol. The normalized spacial score (nSPS) is 21.3. The molecule has 0 aliphatic carbocycles. The van der Waals surface area contributed by atoms with Gasteiger partial charge >= 0.3 is 6.18 Å². The van der Waals surface area contributed by atoms with Crippen molar-refractivity contribution >= 4 is 5.78 Å². The number of hydrogen-bond acceptors (Lipinski definition) is 2. The van der Waals surface area contributed by atoms with Gasteiger partial charge in [0.05, 0.1) is 6.10 Å². The highest BCUT2D eigenvalue weighted by Gasteiger charge is 2.26. The molecular weight excluding hydrogens is 221 g/mol. The lowest BCUT2D eigenvalue weighted by Gasteiger charge is -2.08. The van der Waals surface area contributed by atoms with E-state index in [1.807, 2.05) is 0 Å². The molecule has 1 atom stereocenters. The fraction of sp³-hybridized carbons (Fsp3) is 0.909. The molecule has 0 aromatic carbocycles. The second-order valence-corrected chi connectivity index (χ2v) is 4.18. The Morgan fingerprint density at radius 1 is 1.31 bits per heavy atom. The molecule has 0 N–H and O–H groups in total. The minimum absolute atomic E-state index is 0.0340. The molecule has 1 saturated heterocycles. The molecule has 0 spiro atoms. The van der Waals surface area contributed by atoms with Crippen LogP contribution in [0.4, 0.5) is 13.2 Å². The number of ether oxygens (including phenoxy) is 1. The van der Waals surface area contributed by atoms with Gasteiger partial charge in [-0.25, -0.2) is 0 Å². The SMILES string of the molecule is O=C(CCCC(F)(F)F)CCC1CCCO1. The van der Waals surface area contributed by atoms with E-state index in [1.165, 1.54) is 0 Å². The average Bonchev–Trinajstić information content (AvgIpc) is 2.65. The predicted molar refractivity (Wildman–Crippen MR) is 53.1 cm³/mol. The van der Waals surface area contributed by atoms with Gasteiger partial charge in [-0.1, -0.05) is 0 Å². The first-order valence-corrected chi connectivity index (χ1v) is 5.67. The third-order valence-corrected chi connectivity index (χ3v) is 2.69. The van der Waals surface area contributed by atoms with Crippen molar-refractivity contribution in [2.24, 2.45) is 0 Å². The van der Waals surface area contributed by atoms with E-state index in [4.69, 9.17) is 4.74 Å². The quantitative estimate of drug-likeness (QED) is 0.710. The number of Topliss-reactive ketones (excluding diaryl/α,β-unsaturated/α-hetero) is 1. The molecule has 16 heavy (non-hydrogen) atoms. The second kappa shape index (κ2) is 6.23. The van der Waals surface area contributed by atoms with E-state index in [-0.39, 0.29) is 24.7 Å². The molecule has 1 aliphatic heterocycles. The molecule has 0 aromatic heterocycles. The molecule has 0 saturated carbocycles. The lowest BCUT2D eigenvalue weighted by Crippen LogP contribution is -2.11. The van der Waals surface area contributed by atoms with Crippen LogP contribution in [0.1, 0.15) is 44.9 Å². The molecule has 0 bridgehead atoms. The number of carbonyl (C=O) groups excluding carboxylic acids is 1. The first-order valence-electron chi connectivity index (χ1n) is 5.67. The number of carbonyl (C=O) groups is 1. The van der Waals surface area contributed by atoms with Crippen LogP contribution < -0.4 is 0 Å². The summed E-state index contributed by atoms with van der Waals surface area (Å²) in [6.45, 7) is 0.743. The molecular formula is C11H17F3O2.